The third-order valence-corrected chi connectivity index (χ3v) is 8.74. The largest absolute Gasteiger partial charge is 0.494 e. The number of para-hydroxylation sites is 1. The molecule has 0 bridgehead atoms. The second-order valence-electron chi connectivity index (χ2n) is 9.40. The number of halogens is 1. The predicted molar refractivity (Wildman–Crippen MR) is 161 cm³/mol. The maximum atomic E-state index is 13.9. The van der Waals surface area contributed by atoms with Gasteiger partial charge in [-0.25, -0.2) is 8.42 Å². The maximum Gasteiger partial charge on any atom is 0.264 e. The van der Waals surface area contributed by atoms with E-state index in [0.29, 0.717) is 18.0 Å². The molecule has 0 saturated carbocycles. The molecule has 3 aromatic carbocycles. The molecule has 0 saturated heterocycles. The molecular weight excluding hydrogens is 594 g/mol. The summed E-state index contributed by atoms with van der Waals surface area (Å²) < 4.78 is 35.1. The first-order valence-corrected chi connectivity index (χ1v) is 15.4. The van der Waals surface area contributed by atoms with E-state index in [1.165, 1.54) is 17.0 Å². The number of benzene rings is 3. The second kappa shape index (κ2) is 14.3. The summed E-state index contributed by atoms with van der Waals surface area (Å²) in [6.45, 7) is 7.44. The SMILES string of the molecule is CCOc1ccc(S(=O)(=O)N(CC(=O)N(Cc2cccc(Br)c2)[C@@H](C)C(=O)N[C@H](C)CC)c2ccccc2)cc1. The molecule has 2 atom stereocenters. The van der Waals surface area contributed by atoms with Gasteiger partial charge < -0.3 is 15.0 Å². The number of anilines is 1. The first kappa shape index (κ1) is 31.2. The lowest BCUT2D eigenvalue weighted by Crippen LogP contribution is -2.52. The normalized spacial score (nSPS) is 12.7. The van der Waals surface area contributed by atoms with E-state index in [-0.39, 0.29) is 23.4 Å². The zero-order valence-electron chi connectivity index (χ0n) is 23.2. The smallest absolute Gasteiger partial charge is 0.264 e. The molecule has 214 valence electrons. The van der Waals surface area contributed by atoms with E-state index in [9.17, 15) is 18.0 Å². The number of carbonyl (C=O) groups is 2. The molecule has 8 nitrogen and oxygen atoms in total. The van der Waals surface area contributed by atoms with Crippen molar-refractivity contribution in [3.05, 3.63) is 88.9 Å². The summed E-state index contributed by atoms with van der Waals surface area (Å²) >= 11 is 3.46. The molecule has 3 aromatic rings. The van der Waals surface area contributed by atoms with Gasteiger partial charge in [0.15, 0.2) is 0 Å². The Hall–Kier alpha value is -3.37. The molecular formula is C30H36BrN3O5S. The number of amides is 2. The summed E-state index contributed by atoms with van der Waals surface area (Å²) in [5.41, 5.74) is 1.13. The van der Waals surface area contributed by atoms with Crippen molar-refractivity contribution in [3.8, 4) is 5.75 Å². The van der Waals surface area contributed by atoms with Crippen LogP contribution in [0.1, 0.15) is 39.7 Å². The minimum Gasteiger partial charge on any atom is -0.494 e. The molecule has 0 aliphatic rings. The maximum absolute atomic E-state index is 13.9. The molecule has 0 fully saturated rings. The Balaban J connectivity index is 1.99. The molecule has 0 unspecified atom stereocenters. The molecule has 0 radical (unpaired) electrons. The van der Waals surface area contributed by atoms with Crippen LogP contribution >= 0.6 is 15.9 Å². The zero-order valence-corrected chi connectivity index (χ0v) is 25.6. The average molecular weight is 631 g/mol. The minimum atomic E-state index is -4.14. The van der Waals surface area contributed by atoms with E-state index in [1.807, 2.05) is 45.0 Å². The zero-order chi connectivity index (χ0) is 29.3. The summed E-state index contributed by atoms with van der Waals surface area (Å²) in [7, 11) is -4.14. The third-order valence-electron chi connectivity index (χ3n) is 6.46. The standard InChI is InChI=1S/C30H36BrN3O5S/c1-5-22(3)32-30(36)23(4)33(20-24-11-10-12-25(31)19-24)29(35)21-34(26-13-8-7-9-14-26)40(37,38)28-17-15-27(16-18-28)39-6-2/h7-19,22-23H,5-6,20-21H2,1-4H3,(H,32,36)/t22-,23+/m1/s1. The van der Waals surface area contributed by atoms with Crippen LogP contribution in [0.2, 0.25) is 0 Å². The molecule has 0 aliphatic carbocycles. The minimum absolute atomic E-state index is 0.0220. The highest BCUT2D eigenvalue weighted by Crippen LogP contribution is 2.26. The molecule has 10 heteroatoms. The van der Waals surface area contributed by atoms with Crippen LogP contribution < -0.4 is 14.4 Å². The number of hydrogen-bond donors (Lipinski definition) is 1. The van der Waals surface area contributed by atoms with Gasteiger partial charge in [0.05, 0.1) is 17.2 Å². The number of nitrogens with one attached hydrogen (secondary N) is 1. The Labute approximate surface area is 245 Å². The van der Waals surface area contributed by atoms with Gasteiger partial charge in [-0.2, -0.15) is 0 Å². The van der Waals surface area contributed by atoms with Crippen molar-refractivity contribution in [2.45, 2.75) is 57.6 Å². The molecule has 0 aliphatic heterocycles. The van der Waals surface area contributed by atoms with Gasteiger partial charge in [0.2, 0.25) is 11.8 Å². The summed E-state index contributed by atoms with van der Waals surface area (Å²) in [4.78, 5) is 28.5. The highest BCUT2D eigenvalue weighted by atomic mass is 79.9. The highest BCUT2D eigenvalue weighted by Gasteiger charge is 2.32. The molecule has 2 amide bonds. The van der Waals surface area contributed by atoms with Gasteiger partial charge in [-0.1, -0.05) is 53.2 Å². The van der Waals surface area contributed by atoms with Crippen LogP contribution in [0.15, 0.2) is 88.2 Å². The Morgan fingerprint density at radius 2 is 1.62 bits per heavy atom. The number of nitrogens with zero attached hydrogens (tertiary/aromatic N) is 2. The fraction of sp³-hybridized carbons (Fsp3) is 0.333. The van der Waals surface area contributed by atoms with Crippen LogP contribution in [0, 0.1) is 0 Å². The summed E-state index contributed by atoms with van der Waals surface area (Å²) in [5, 5.41) is 2.93. The topological polar surface area (TPSA) is 96.0 Å². The van der Waals surface area contributed by atoms with Gasteiger partial charge >= 0.3 is 0 Å². The number of sulfonamides is 1. The average Bonchev–Trinajstić information content (AvgIpc) is 2.95. The van der Waals surface area contributed by atoms with Crippen molar-refractivity contribution in [3.63, 3.8) is 0 Å². The van der Waals surface area contributed by atoms with Crippen LogP contribution in [0.25, 0.3) is 0 Å². The highest BCUT2D eigenvalue weighted by molar-refractivity contribution is 9.10. The van der Waals surface area contributed by atoms with E-state index in [4.69, 9.17) is 4.74 Å². The predicted octanol–water partition coefficient (Wildman–Crippen LogP) is 5.38. The van der Waals surface area contributed by atoms with Gasteiger partial charge in [0.25, 0.3) is 10.0 Å². The molecule has 0 heterocycles. The lowest BCUT2D eigenvalue weighted by Gasteiger charge is -2.32. The van der Waals surface area contributed by atoms with Crippen LogP contribution in [-0.2, 0) is 26.2 Å². The molecule has 0 spiro atoms. The van der Waals surface area contributed by atoms with E-state index in [1.54, 1.807) is 49.4 Å². The van der Waals surface area contributed by atoms with Crippen molar-refractivity contribution in [1.29, 1.82) is 0 Å². The lowest BCUT2D eigenvalue weighted by molar-refractivity contribution is -0.139. The van der Waals surface area contributed by atoms with Crippen LogP contribution in [0.3, 0.4) is 0 Å². The number of ether oxygens (including phenoxy) is 1. The summed E-state index contributed by atoms with van der Waals surface area (Å²) in [5.74, 6) is -0.270. The van der Waals surface area contributed by atoms with Gasteiger partial charge in [0.1, 0.15) is 18.3 Å². The molecule has 40 heavy (non-hydrogen) atoms. The lowest BCUT2D eigenvalue weighted by atomic mass is 10.1. The van der Waals surface area contributed by atoms with Crippen molar-refractivity contribution in [2.75, 3.05) is 17.5 Å². The summed E-state index contributed by atoms with van der Waals surface area (Å²) in [6, 6.07) is 21.1. The first-order chi connectivity index (χ1) is 19.1. The van der Waals surface area contributed by atoms with Crippen LogP contribution in [0.4, 0.5) is 5.69 Å². The van der Waals surface area contributed by atoms with Crippen LogP contribution in [-0.4, -0.2) is 50.4 Å². The quantitative estimate of drug-likeness (QED) is 0.274. The van der Waals surface area contributed by atoms with Gasteiger partial charge in [-0.15, -0.1) is 0 Å². The summed E-state index contributed by atoms with van der Waals surface area (Å²) in [6.07, 6.45) is 0.736. The van der Waals surface area contributed by atoms with E-state index >= 15 is 0 Å². The number of rotatable bonds is 13. The van der Waals surface area contributed by atoms with Crippen molar-refractivity contribution in [1.82, 2.24) is 10.2 Å². The Bertz CT molecular complexity index is 1380. The second-order valence-corrected chi connectivity index (χ2v) is 12.2. The molecule has 3 rings (SSSR count). The first-order valence-electron chi connectivity index (χ1n) is 13.2. The number of carbonyl (C=O) groups excluding carboxylic acids is 2. The van der Waals surface area contributed by atoms with Gasteiger partial charge in [-0.05, 0) is 81.3 Å². The van der Waals surface area contributed by atoms with Gasteiger partial charge in [0, 0.05) is 17.1 Å². The van der Waals surface area contributed by atoms with E-state index in [0.717, 1.165) is 20.8 Å². The number of hydrogen-bond acceptors (Lipinski definition) is 5. The Morgan fingerprint density at radius 1 is 0.950 bits per heavy atom. The molecule has 1 N–H and O–H groups in total. The molecule has 0 aromatic heterocycles. The van der Waals surface area contributed by atoms with Crippen LogP contribution in [0.5, 0.6) is 5.75 Å². The van der Waals surface area contributed by atoms with Crippen molar-refractivity contribution < 1.29 is 22.7 Å². The fourth-order valence-corrected chi connectivity index (χ4v) is 5.87. The van der Waals surface area contributed by atoms with E-state index in [2.05, 4.69) is 21.2 Å². The third kappa shape index (κ3) is 8.08. The monoisotopic (exact) mass is 629 g/mol. The Morgan fingerprint density at radius 3 is 2.23 bits per heavy atom. The van der Waals surface area contributed by atoms with Crippen molar-refractivity contribution >= 4 is 43.5 Å². The van der Waals surface area contributed by atoms with E-state index < -0.39 is 28.5 Å². The van der Waals surface area contributed by atoms with Gasteiger partial charge in [-0.3, -0.25) is 13.9 Å². The Kier molecular flexibility index (Phi) is 11.2. The fourth-order valence-electron chi connectivity index (χ4n) is 4.00. The van der Waals surface area contributed by atoms with Crippen molar-refractivity contribution in [2.24, 2.45) is 0 Å².